The van der Waals surface area contributed by atoms with Gasteiger partial charge in [-0.05, 0) is 13.5 Å². The molecule has 0 heterocycles. The largest absolute Gasteiger partial charge is 0.599 e. The highest BCUT2D eigenvalue weighted by atomic mass is 28.4. The highest BCUT2D eigenvalue weighted by molar-refractivity contribution is 6.57. The molecule has 0 rings (SSSR count). The topological polar surface area (TPSA) is 83.5 Å². The molecule has 0 aliphatic heterocycles. The number of likely N-dealkylation sites (N-methyl/N-ethyl adjacent to an activating group) is 1. The van der Waals surface area contributed by atoms with Gasteiger partial charge in [0.05, 0.1) is 20.6 Å². The van der Waals surface area contributed by atoms with E-state index < -0.39 is 26.9 Å². The summed E-state index contributed by atoms with van der Waals surface area (Å²) in [7, 11) is 2.13. The van der Waals surface area contributed by atoms with E-state index in [9.17, 15) is 9.59 Å². The van der Waals surface area contributed by atoms with E-state index in [0.29, 0.717) is 13.2 Å². The number of hydrogen-bond acceptors (Lipinski definition) is 8. The van der Waals surface area contributed by atoms with E-state index in [1.807, 2.05) is 6.92 Å². The molecule has 1 atom stereocenters. The number of nitrogens with zero attached hydrogens (tertiary/aromatic N) is 1. The van der Waals surface area contributed by atoms with Gasteiger partial charge in [-0.15, -0.1) is 0 Å². The molecule has 0 radical (unpaired) electrons. The molecule has 0 aromatic heterocycles. The van der Waals surface area contributed by atoms with Gasteiger partial charge in [0.2, 0.25) is 0 Å². The molecule has 0 N–H and O–H groups in total. The van der Waals surface area contributed by atoms with E-state index in [-0.39, 0.29) is 6.42 Å². The van der Waals surface area contributed by atoms with Crippen LogP contribution in [-0.4, -0.2) is 73.1 Å². The Labute approximate surface area is 126 Å². The third-order valence-corrected chi connectivity index (χ3v) is 5.99. The fraction of sp³-hybridized carbons (Fsp3) is 0.833. The second-order valence-corrected chi connectivity index (χ2v) is 6.70. The van der Waals surface area contributed by atoms with Crippen LogP contribution in [0.4, 0.5) is 0 Å². The van der Waals surface area contributed by atoms with Gasteiger partial charge in [0.15, 0.2) is 0 Å². The van der Waals surface area contributed by atoms with Crippen LogP contribution in [0.1, 0.15) is 20.3 Å². The van der Waals surface area contributed by atoms with E-state index in [1.165, 1.54) is 28.4 Å². The lowest BCUT2D eigenvalue weighted by Crippen LogP contribution is -2.65. The van der Waals surface area contributed by atoms with Crippen molar-refractivity contribution in [1.29, 1.82) is 0 Å². The standard InChI is InChI=1S/C12H25NO7Si/c1-7-13(21(18-5,19-6)20-8-2)10(12(15)17-4)9-11(14)16-3/h10H,7-9H2,1-6H3. The summed E-state index contributed by atoms with van der Waals surface area (Å²) in [6.07, 6.45) is -0.175. The molecular formula is C12H25NO7Si. The van der Waals surface area contributed by atoms with Crippen LogP contribution in [0.5, 0.6) is 0 Å². The minimum Gasteiger partial charge on any atom is -0.469 e. The Morgan fingerprint density at radius 3 is 1.95 bits per heavy atom. The fourth-order valence-electron chi connectivity index (χ4n) is 2.00. The summed E-state index contributed by atoms with van der Waals surface area (Å²) in [5.74, 6) is -1.11. The summed E-state index contributed by atoms with van der Waals surface area (Å²) in [4.78, 5) is 23.6. The van der Waals surface area contributed by atoms with Crippen LogP contribution < -0.4 is 0 Å². The third kappa shape index (κ3) is 5.04. The molecule has 124 valence electrons. The molecule has 9 heteroatoms. The number of hydrogen-bond donors (Lipinski definition) is 0. The number of esters is 2. The summed E-state index contributed by atoms with van der Waals surface area (Å²) in [6.45, 7) is 4.33. The van der Waals surface area contributed by atoms with Gasteiger partial charge in [-0.3, -0.25) is 9.59 Å². The van der Waals surface area contributed by atoms with Crippen LogP contribution in [0, 0.1) is 0 Å². The third-order valence-electron chi connectivity index (χ3n) is 2.97. The second kappa shape index (κ2) is 9.85. The van der Waals surface area contributed by atoms with Gasteiger partial charge < -0.3 is 22.8 Å². The first kappa shape index (κ1) is 20.0. The van der Waals surface area contributed by atoms with Crippen LogP contribution in [-0.2, 0) is 32.3 Å². The molecule has 0 amide bonds. The highest BCUT2D eigenvalue weighted by Gasteiger charge is 2.52. The van der Waals surface area contributed by atoms with Crippen molar-refractivity contribution < 1.29 is 32.3 Å². The van der Waals surface area contributed by atoms with Crippen molar-refractivity contribution in [2.45, 2.75) is 26.3 Å². The normalized spacial score (nSPS) is 13.1. The first-order valence-corrected chi connectivity index (χ1v) is 8.29. The van der Waals surface area contributed by atoms with E-state index in [4.69, 9.17) is 18.0 Å². The van der Waals surface area contributed by atoms with Gasteiger partial charge in [0.1, 0.15) is 6.04 Å². The molecule has 0 aromatic carbocycles. The van der Waals surface area contributed by atoms with E-state index in [0.717, 1.165) is 0 Å². The number of carbonyl (C=O) groups is 2. The zero-order chi connectivity index (χ0) is 16.5. The second-order valence-electron chi connectivity index (χ2n) is 3.97. The van der Waals surface area contributed by atoms with Gasteiger partial charge in [0, 0.05) is 20.8 Å². The van der Waals surface area contributed by atoms with Gasteiger partial charge in [-0.1, -0.05) is 6.92 Å². The molecule has 0 aliphatic rings. The molecule has 0 spiro atoms. The van der Waals surface area contributed by atoms with Crippen LogP contribution in [0.2, 0.25) is 0 Å². The van der Waals surface area contributed by atoms with Crippen molar-refractivity contribution in [3.8, 4) is 0 Å². The molecule has 21 heavy (non-hydrogen) atoms. The van der Waals surface area contributed by atoms with Crippen LogP contribution >= 0.6 is 0 Å². The summed E-state index contributed by atoms with van der Waals surface area (Å²) >= 11 is 0. The van der Waals surface area contributed by atoms with Crippen LogP contribution in [0.15, 0.2) is 0 Å². The van der Waals surface area contributed by atoms with Gasteiger partial charge in [-0.25, -0.2) is 4.57 Å². The van der Waals surface area contributed by atoms with Crippen molar-refractivity contribution in [3.05, 3.63) is 0 Å². The molecule has 1 unspecified atom stereocenters. The molecule has 0 saturated carbocycles. The summed E-state index contributed by atoms with van der Waals surface area (Å²) in [5, 5.41) is 0. The molecule has 0 bridgehead atoms. The van der Waals surface area contributed by atoms with Crippen LogP contribution in [0.25, 0.3) is 0 Å². The Balaban J connectivity index is 5.53. The first-order chi connectivity index (χ1) is 9.95. The lowest BCUT2D eigenvalue weighted by Gasteiger charge is -2.38. The van der Waals surface area contributed by atoms with E-state index in [2.05, 4.69) is 4.74 Å². The Morgan fingerprint density at radius 2 is 1.62 bits per heavy atom. The highest BCUT2D eigenvalue weighted by Crippen LogP contribution is 2.20. The van der Waals surface area contributed by atoms with E-state index >= 15 is 0 Å². The Bertz CT molecular complexity index is 336. The minimum atomic E-state index is -3.27. The summed E-state index contributed by atoms with van der Waals surface area (Å²) in [5.41, 5.74) is 0. The monoisotopic (exact) mass is 323 g/mol. The molecular weight excluding hydrogens is 298 g/mol. The average Bonchev–Trinajstić information content (AvgIpc) is 2.52. The maximum atomic E-state index is 12.0. The average molecular weight is 323 g/mol. The number of ether oxygens (including phenoxy) is 2. The number of methoxy groups -OCH3 is 2. The van der Waals surface area contributed by atoms with Crippen molar-refractivity contribution in [1.82, 2.24) is 4.57 Å². The minimum absolute atomic E-state index is 0.175. The molecule has 0 aliphatic carbocycles. The quantitative estimate of drug-likeness (QED) is 0.416. The Morgan fingerprint density at radius 1 is 1.05 bits per heavy atom. The molecule has 0 aromatic rings. The van der Waals surface area contributed by atoms with Crippen molar-refractivity contribution in [2.24, 2.45) is 0 Å². The Kier molecular flexibility index (Phi) is 9.38. The van der Waals surface area contributed by atoms with Crippen molar-refractivity contribution in [3.63, 3.8) is 0 Å². The maximum absolute atomic E-state index is 12.0. The zero-order valence-corrected chi connectivity index (χ0v) is 14.5. The number of rotatable bonds is 10. The maximum Gasteiger partial charge on any atom is 0.599 e. The van der Waals surface area contributed by atoms with Crippen molar-refractivity contribution >= 4 is 20.9 Å². The summed E-state index contributed by atoms with van der Waals surface area (Å²) < 4.78 is 27.5. The molecule has 0 fully saturated rings. The van der Waals surface area contributed by atoms with Gasteiger partial charge >= 0.3 is 20.9 Å². The van der Waals surface area contributed by atoms with Crippen LogP contribution in [0.3, 0.4) is 0 Å². The van der Waals surface area contributed by atoms with Gasteiger partial charge in [-0.2, -0.15) is 0 Å². The van der Waals surface area contributed by atoms with Crippen molar-refractivity contribution in [2.75, 3.05) is 41.6 Å². The number of carbonyl (C=O) groups excluding carboxylic acids is 2. The predicted octanol–water partition coefficient (Wildman–Crippen LogP) is 0.178. The molecule has 8 nitrogen and oxygen atoms in total. The smallest absolute Gasteiger partial charge is 0.469 e. The predicted molar refractivity (Wildman–Crippen MR) is 76.2 cm³/mol. The lowest BCUT2D eigenvalue weighted by atomic mass is 10.2. The van der Waals surface area contributed by atoms with Gasteiger partial charge in [0.25, 0.3) is 0 Å². The SMILES string of the molecule is CCO[Si](OC)(OC)N(CC)C(CC(=O)OC)C(=O)OC. The lowest BCUT2D eigenvalue weighted by molar-refractivity contribution is -0.153. The molecule has 0 saturated heterocycles. The Hall–Kier alpha value is -1.00. The first-order valence-electron chi connectivity index (χ1n) is 6.61. The fourth-order valence-corrected chi connectivity index (χ4v) is 4.37. The summed E-state index contributed by atoms with van der Waals surface area (Å²) in [6, 6.07) is -0.898. The zero-order valence-electron chi connectivity index (χ0n) is 13.5. The van der Waals surface area contributed by atoms with E-state index in [1.54, 1.807) is 11.5 Å².